The maximum absolute atomic E-state index is 13.1. The highest BCUT2D eigenvalue weighted by Gasteiger charge is 2.22. The summed E-state index contributed by atoms with van der Waals surface area (Å²) in [5.41, 5.74) is -0.981. The fourth-order valence-corrected chi connectivity index (χ4v) is 3.78. The molecule has 0 saturated heterocycles. The topological polar surface area (TPSA) is 97.7 Å². The van der Waals surface area contributed by atoms with Gasteiger partial charge in [0.1, 0.15) is 16.9 Å². The average Bonchev–Trinajstić information content (AvgIpc) is 2.74. The second-order valence-electron chi connectivity index (χ2n) is 7.62. The van der Waals surface area contributed by atoms with Gasteiger partial charge in [-0.15, -0.1) is 13.2 Å². The van der Waals surface area contributed by atoms with Gasteiger partial charge < -0.3 is 14.4 Å². The molecule has 0 saturated carbocycles. The zero-order valence-electron chi connectivity index (χ0n) is 18.5. The van der Waals surface area contributed by atoms with E-state index in [1.165, 1.54) is 12.2 Å². The van der Waals surface area contributed by atoms with Gasteiger partial charge in [-0.05, 0) is 32.9 Å². The van der Waals surface area contributed by atoms with Crippen molar-refractivity contribution in [1.29, 1.82) is 0 Å². The van der Waals surface area contributed by atoms with Crippen molar-refractivity contribution in [1.82, 2.24) is 9.13 Å². The van der Waals surface area contributed by atoms with Gasteiger partial charge in [0.05, 0.1) is 5.39 Å². The monoisotopic (exact) mass is 437 g/mol. The van der Waals surface area contributed by atoms with Crippen LogP contribution in [-0.4, -0.2) is 26.8 Å². The third kappa shape index (κ3) is 3.91. The molecule has 0 aliphatic carbocycles. The van der Waals surface area contributed by atoms with Crippen molar-refractivity contribution in [2.75, 3.05) is 11.4 Å². The van der Waals surface area contributed by atoms with Crippen LogP contribution in [0.1, 0.15) is 20.8 Å². The predicted octanol–water partition coefficient (Wildman–Crippen LogP) is 3.10. The van der Waals surface area contributed by atoms with Crippen LogP contribution in [0.2, 0.25) is 0 Å². The van der Waals surface area contributed by atoms with Crippen LogP contribution in [0.3, 0.4) is 0 Å². The predicted molar refractivity (Wildman–Crippen MR) is 127 cm³/mol. The smallest absolute Gasteiger partial charge is 0.334 e. The molecule has 0 fully saturated rings. The van der Waals surface area contributed by atoms with E-state index < -0.39 is 17.1 Å². The molecule has 3 aromatic rings. The number of rotatable bonds is 8. The largest absolute Gasteiger partial charge is 0.494 e. The summed E-state index contributed by atoms with van der Waals surface area (Å²) < 4.78 is 7.86. The Bertz CT molecular complexity index is 1360. The van der Waals surface area contributed by atoms with E-state index in [1.54, 1.807) is 12.1 Å². The van der Waals surface area contributed by atoms with Crippen LogP contribution >= 0.6 is 0 Å². The number of fused-ring (bicyclic) bond motifs is 1. The van der Waals surface area contributed by atoms with Crippen molar-refractivity contribution < 1.29 is 9.52 Å². The molecule has 8 nitrogen and oxygen atoms in total. The van der Waals surface area contributed by atoms with Gasteiger partial charge in [-0.3, -0.25) is 18.7 Å². The van der Waals surface area contributed by atoms with Gasteiger partial charge in [0, 0.05) is 43.5 Å². The molecular weight excluding hydrogens is 410 g/mol. The summed E-state index contributed by atoms with van der Waals surface area (Å²) >= 11 is 0. The highest BCUT2D eigenvalue weighted by atomic mass is 16.3. The van der Waals surface area contributed by atoms with E-state index in [4.69, 9.17) is 4.42 Å². The molecule has 0 aliphatic rings. The number of aromatic nitrogens is 2. The third-order valence-corrected chi connectivity index (χ3v) is 5.28. The molecule has 0 unspecified atom stereocenters. The number of nitrogens with zero attached hydrogens (tertiary/aromatic N) is 3. The van der Waals surface area contributed by atoms with Gasteiger partial charge in [0.2, 0.25) is 5.88 Å². The number of hydrogen-bond donors (Lipinski definition) is 1. The molecule has 1 aromatic carbocycles. The molecule has 0 aliphatic heterocycles. The van der Waals surface area contributed by atoms with Crippen LogP contribution < -0.4 is 21.6 Å². The first kappa shape index (κ1) is 22.9. The molecule has 2 heterocycles. The van der Waals surface area contributed by atoms with E-state index >= 15 is 0 Å². The van der Waals surface area contributed by atoms with Crippen LogP contribution in [0, 0.1) is 0 Å². The second-order valence-corrected chi connectivity index (χ2v) is 7.62. The molecule has 1 N–H and O–H groups in total. The van der Waals surface area contributed by atoms with Gasteiger partial charge in [-0.1, -0.05) is 12.2 Å². The summed E-state index contributed by atoms with van der Waals surface area (Å²) in [4.78, 5) is 40.6. The summed E-state index contributed by atoms with van der Waals surface area (Å²) in [6.07, 6.45) is 2.82. The molecule has 2 aromatic heterocycles. The summed E-state index contributed by atoms with van der Waals surface area (Å²) in [7, 11) is 0. The quantitative estimate of drug-likeness (QED) is 0.544. The van der Waals surface area contributed by atoms with E-state index in [9.17, 15) is 19.5 Å². The highest BCUT2D eigenvalue weighted by Crippen LogP contribution is 2.28. The molecular formula is C24H27N3O5. The maximum Gasteiger partial charge on any atom is 0.334 e. The Morgan fingerprint density at radius 2 is 1.75 bits per heavy atom. The van der Waals surface area contributed by atoms with Crippen LogP contribution in [0.4, 0.5) is 5.69 Å². The van der Waals surface area contributed by atoms with Crippen molar-refractivity contribution in [2.45, 2.75) is 39.9 Å². The van der Waals surface area contributed by atoms with E-state index in [0.717, 1.165) is 27.4 Å². The van der Waals surface area contributed by atoms with E-state index in [-0.39, 0.29) is 41.5 Å². The molecule has 0 radical (unpaired) electrons. The lowest BCUT2D eigenvalue weighted by Crippen LogP contribution is -2.40. The molecule has 8 heteroatoms. The van der Waals surface area contributed by atoms with Crippen molar-refractivity contribution >= 4 is 16.7 Å². The minimum absolute atomic E-state index is 0.0309. The Balaban J connectivity index is 2.35. The Morgan fingerprint density at radius 1 is 1.09 bits per heavy atom. The first-order valence-electron chi connectivity index (χ1n) is 10.4. The van der Waals surface area contributed by atoms with Gasteiger partial charge in [0.15, 0.2) is 5.43 Å². The van der Waals surface area contributed by atoms with Crippen molar-refractivity contribution in [3.63, 3.8) is 0 Å². The van der Waals surface area contributed by atoms with Crippen LogP contribution in [0.5, 0.6) is 5.88 Å². The molecule has 168 valence electrons. The molecule has 0 amide bonds. The van der Waals surface area contributed by atoms with E-state index in [1.807, 2.05) is 13.0 Å². The minimum Gasteiger partial charge on any atom is -0.494 e. The van der Waals surface area contributed by atoms with Crippen molar-refractivity contribution in [3.05, 3.63) is 80.6 Å². The normalized spacial score (nSPS) is 11.1. The standard InChI is InChI=1S/C24H27N3O5/c1-6-11-26-22(29)21(23(30)27(12-7-2)24(26)31)20-14-18(28)17-10-9-16(13-19(17)32-20)25(8-3)15(4)5/h6-7,9-10,13-15,29H,1-2,8,11-12H2,3-5H3. The maximum atomic E-state index is 13.1. The van der Waals surface area contributed by atoms with Crippen LogP contribution in [-0.2, 0) is 13.1 Å². The fraction of sp³-hybridized carbons (Fsp3) is 0.292. The lowest BCUT2D eigenvalue weighted by molar-refractivity contribution is 0.402. The Kier molecular flexibility index (Phi) is 6.53. The number of anilines is 1. The zero-order valence-corrected chi connectivity index (χ0v) is 18.5. The van der Waals surface area contributed by atoms with Gasteiger partial charge in [-0.25, -0.2) is 4.79 Å². The Labute approximate surface area is 185 Å². The van der Waals surface area contributed by atoms with Crippen molar-refractivity contribution in [3.8, 4) is 17.2 Å². The lowest BCUT2D eigenvalue weighted by atomic mass is 10.1. The zero-order chi connectivity index (χ0) is 23.6. The number of hydrogen-bond acceptors (Lipinski definition) is 6. The third-order valence-electron chi connectivity index (χ3n) is 5.28. The Morgan fingerprint density at radius 3 is 2.34 bits per heavy atom. The van der Waals surface area contributed by atoms with Crippen LogP contribution in [0.25, 0.3) is 22.3 Å². The second kappa shape index (κ2) is 9.13. The fourth-order valence-electron chi connectivity index (χ4n) is 3.78. The van der Waals surface area contributed by atoms with Crippen LogP contribution in [0.15, 0.2) is 68.4 Å². The summed E-state index contributed by atoms with van der Waals surface area (Å²) in [5.74, 6) is -0.707. The number of allylic oxidation sites excluding steroid dienone is 2. The lowest BCUT2D eigenvalue weighted by Gasteiger charge is -2.27. The minimum atomic E-state index is -0.774. The molecule has 0 atom stereocenters. The van der Waals surface area contributed by atoms with Gasteiger partial charge >= 0.3 is 5.69 Å². The van der Waals surface area contributed by atoms with Crippen molar-refractivity contribution in [2.24, 2.45) is 0 Å². The summed E-state index contributed by atoms with van der Waals surface area (Å²) in [6.45, 7) is 14.0. The molecule has 0 spiro atoms. The Hall–Kier alpha value is -3.81. The van der Waals surface area contributed by atoms with E-state index in [2.05, 4.69) is 31.9 Å². The first-order valence-corrected chi connectivity index (χ1v) is 10.4. The number of benzene rings is 1. The highest BCUT2D eigenvalue weighted by molar-refractivity contribution is 5.82. The summed E-state index contributed by atoms with van der Waals surface area (Å²) in [6, 6.07) is 6.65. The van der Waals surface area contributed by atoms with Gasteiger partial charge in [0.25, 0.3) is 5.56 Å². The molecule has 32 heavy (non-hydrogen) atoms. The molecule has 3 rings (SSSR count). The first-order chi connectivity index (χ1) is 15.2. The van der Waals surface area contributed by atoms with Gasteiger partial charge in [-0.2, -0.15) is 0 Å². The average molecular weight is 437 g/mol. The number of aromatic hydroxyl groups is 1. The SMILES string of the molecule is C=CCn1c(O)c(-c2cc(=O)c3ccc(N(CC)C(C)C)cc3o2)c(=O)n(CC=C)c1=O. The van der Waals surface area contributed by atoms with E-state index in [0.29, 0.717) is 5.39 Å². The summed E-state index contributed by atoms with van der Waals surface area (Å²) in [5, 5.41) is 11.1. The molecule has 0 bridgehead atoms.